The number of carbonyl (C=O) groups excluding carboxylic acids is 1. The summed E-state index contributed by atoms with van der Waals surface area (Å²) in [4.78, 5) is 20.0. The highest BCUT2D eigenvalue weighted by atomic mass is 19.4. The van der Waals surface area contributed by atoms with Crippen LogP contribution in [0.2, 0.25) is 0 Å². The molecule has 6 nitrogen and oxygen atoms in total. The molecule has 0 saturated heterocycles. The van der Waals surface area contributed by atoms with E-state index in [1.807, 2.05) is 6.92 Å². The predicted octanol–water partition coefficient (Wildman–Crippen LogP) is 4.02. The van der Waals surface area contributed by atoms with E-state index in [9.17, 15) is 22.4 Å². The Balaban J connectivity index is 2.13. The monoisotopic (exact) mass is 357 g/mol. The third-order valence-corrected chi connectivity index (χ3v) is 2.97. The van der Waals surface area contributed by atoms with Crippen molar-refractivity contribution in [2.24, 2.45) is 0 Å². The van der Waals surface area contributed by atoms with Crippen LogP contribution >= 0.6 is 0 Å². The van der Waals surface area contributed by atoms with Crippen molar-refractivity contribution in [3.05, 3.63) is 41.3 Å². The van der Waals surface area contributed by atoms with E-state index in [2.05, 4.69) is 25.9 Å². The zero-order valence-electron chi connectivity index (χ0n) is 13.3. The van der Waals surface area contributed by atoms with Crippen LogP contribution in [0.1, 0.15) is 18.2 Å². The number of urea groups is 1. The molecule has 2 amide bonds. The number of alkyl halides is 3. The van der Waals surface area contributed by atoms with Crippen LogP contribution in [0.15, 0.2) is 24.3 Å². The van der Waals surface area contributed by atoms with Crippen LogP contribution in [0.4, 0.5) is 39.8 Å². The summed E-state index contributed by atoms with van der Waals surface area (Å²) < 4.78 is 51.3. The van der Waals surface area contributed by atoms with Gasteiger partial charge in [-0.3, -0.25) is 5.32 Å². The second-order valence-corrected chi connectivity index (χ2v) is 5.02. The smallest absolute Gasteiger partial charge is 0.370 e. The SMILES string of the molecule is CCNc1cc(C)nc(NC(=O)Nc2ccc(F)c(C(F)(F)F)c2)n1. The van der Waals surface area contributed by atoms with Gasteiger partial charge in [0.1, 0.15) is 11.6 Å². The molecule has 0 saturated carbocycles. The number of aromatic nitrogens is 2. The molecule has 25 heavy (non-hydrogen) atoms. The van der Waals surface area contributed by atoms with Crippen molar-refractivity contribution >= 4 is 23.5 Å². The first-order valence-electron chi connectivity index (χ1n) is 7.23. The van der Waals surface area contributed by atoms with Gasteiger partial charge in [-0.2, -0.15) is 18.2 Å². The molecule has 0 fully saturated rings. The van der Waals surface area contributed by atoms with Crippen LogP contribution in [0.25, 0.3) is 0 Å². The third-order valence-electron chi connectivity index (χ3n) is 2.97. The first-order chi connectivity index (χ1) is 11.7. The summed E-state index contributed by atoms with van der Waals surface area (Å²) in [5.74, 6) is -0.950. The Kier molecular flexibility index (Phi) is 5.40. The van der Waals surface area contributed by atoms with Gasteiger partial charge in [0, 0.05) is 24.0 Å². The molecule has 0 unspecified atom stereocenters. The Morgan fingerprint density at radius 2 is 1.88 bits per heavy atom. The summed E-state index contributed by atoms with van der Waals surface area (Å²) in [6, 6.07) is 2.97. The lowest BCUT2D eigenvalue weighted by molar-refractivity contribution is -0.139. The fraction of sp³-hybridized carbons (Fsp3) is 0.267. The van der Waals surface area contributed by atoms with E-state index in [4.69, 9.17) is 0 Å². The zero-order valence-corrected chi connectivity index (χ0v) is 13.3. The second-order valence-electron chi connectivity index (χ2n) is 5.02. The van der Waals surface area contributed by atoms with Crippen molar-refractivity contribution < 1.29 is 22.4 Å². The quantitative estimate of drug-likeness (QED) is 0.722. The van der Waals surface area contributed by atoms with Crippen LogP contribution in [0.3, 0.4) is 0 Å². The number of halogens is 4. The molecule has 0 spiro atoms. The number of anilines is 3. The molecule has 0 atom stereocenters. The fourth-order valence-corrected chi connectivity index (χ4v) is 1.98. The normalized spacial score (nSPS) is 11.1. The van der Waals surface area contributed by atoms with Gasteiger partial charge in [-0.1, -0.05) is 0 Å². The molecule has 2 rings (SSSR count). The van der Waals surface area contributed by atoms with Crippen molar-refractivity contribution in [2.45, 2.75) is 20.0 Å². The highest BCUT2D eigenvalue weighted by molar-refractivity contribution is 5.98. The van der Waals surface area contributed by atoms with Gasteiger partial charge in [0.05, 0.1) is 5.56 Å². The standard InChI is InChI=1S/C15H15F4N5O/c1-3-20-12-6-8(2)21-13(23-12)24-14(25)22-9-4-5-11(16)10(7-9)15(17,18)19/h4-7H,3H2,1-2H3,(H3,20,21,22,23,24,25). The van der Waals surface area contributed by atoms with Gasteiger partial charge in [-0.15, -0.1) is 0 Å². The van der Waals surface area contributed by atoms with Gasteiger partial charge < -0.3 is 10.6 Å². The number of nitrogens with zero attached hydrogens (tertiary/aromatic N) is 2. The number of amides is 2. The highest BCUT2D eigenvalue weighted by Gasteiger charge is 2.34. The molecule has 0 aliphatic carbocycles. The minimum atomic E-state index is -4.86. The van der Waals surface area contributed by atoms with Crippen molar-refractivity contribution in [3.8, 4) is 0 Å². The number of hydrogen-bond donors (Lipinski definition) is 3. The molecule has 1 heterocycles. The van der Waals surface area contributed by atoms with E-state index in [0.29, 0.717) is 30.2 Å². The van der Waals surface area contributed by atoms with Gasteiger partial charge in [0.2, 0.25) is 5.95 Å². The molecular formula is C15H15F4N5O. The molecule has 10 heteroatoms. The summed E-state index contributed by atoms with van der Waals surface area (Å²) in [5, 5.41) is 7.45. The third kappa shape index (κ3) is 5.03. The Hall–Kier alpha value is -2.91. The summed E-state index contributed by atoms with van der Waals surface area (Å²) in [7, 11) is 0. The predicted molar refractivity (Wildman–Crippen MR) is 85.0 cm³/mol. The molecule has 1 aromatic heterocycles. The van der Waals surface area contributed by atoms with Gasteiger partial charge in [-0.05, 0) is 32.0 Å². The number of nitrogens with one attached hydrogen (secondary N) is 3. The lowest BCUT2D eigenvalue weighted by atomic mass is 10.2. The molecule has 2 aromatic rings. The van der Waals surface area contributed by atoms with Gasteiger partial charge in [0.25, 0.3) is 0 Å². The Morgan fingerprint density at radius 1 is 1.16 bits per heavy atom. The van der Waals surface area contributed by atoms with Crippen molar-refractivity contribution in [1.29, 1.82) is 0 Å². The maximum Gasteiger partial charge on any atom is 0.419 e. The average Bonchev–Trinajstić information content (AvgIpc) is 2.47. The number of aryl methyl sites for hydroxylation is 1. The van der Waals surface area contributed by atoms with E-state index in [1.165, 1.54) is 0 Å². The minimum Gasteiger partial charge on any atom is -0.370 e. The maximum absolute atomic E-state index is 13.2. The summed E-state index contributed by atoms with van der Waals surface area (Å²) >= 11 is 0. The lowest BCUT2D eigenvalue weighted by Crippen LogP contribution is -2.22. The first kappa shape index (κ1) is 18.4. The Morgan fingerprint density at radius 3 is 2.52 bits per heavy atom. The molecule has 0 aliphatic rings. The fourth-order valence-electron chi connectivity index (χ4n) is 1.98. The van der Waals surface area contributed by atoms with E-state index in [-0.39, 0.29) is 11.6 Å². The summed E-state index contributed by atoms with van der Waals surface area (Å²) in [6.07, 6.45) is -4.86. The number of benzene rings is 1. The Labute approximate surface area is 140 Å². The van der Waals surface area contributed by atoms with Crippen molar-refractivity contribution in [3.63, 3.8) is 0 Å². The molecule has 0 aliphatic heterocycles. The van der Waals surface area contributed by atoms with Crippen molar-refractivity contribution in [2.75, 3.05) is 22.5 Å². The van der Waals surface area contributed by atoms with E-state index < -0.39 is 23.6 Å². The van der Waals surface area contributed by atoms with Crippen LogP contribution in [-0.4, -0.2) is 22.5 Å². The van der Waals surface area contributed by atoms with E-state index in [0.717, 1.165) is 6.07 Å². The maximum atomic E-state index is 13.2. The number of carbonyl (C=O) groups is 1. The molecule has 134 valence electrons. The average molecular weight is 357 g/mol. The zero-order chi connectivity index (χ0) is 18.6. The topological polar surface area (TPSA) is 78.9 Å². The second kappa shape index (κ2) is 7.32. The van der Waals surface area contributed by atoms with Crippen LogP contribution < -0.4 is 16.0 Å². The van der Waals surface area contributed by atoms with E-state index in [1.54, 1.807) is 13.0 Å². The highest BCUT2D eigenvalue weighted by Crippen LogP contribution is 2.33. The molecule has 0 radical (unpaired) electrons. The molecule has 1 aromatic carbocycles. The summed E-state index contributed by atoms with van der Waals surface area (Å²) in [5.41, 5.74) is -1.10. The van der Waals surface area contributed by atoms with Crippen LogP contribution in [0, 0.1) is 12.7 Å². The first-order valence-corrected chi connectivity index (χ1v) is 7.23. The van der Waals surface area contributed by atoms with E-state index >= 15 is 0 Å². The number of rotatable bonds is 4. The molecule has 3 N–H and O–H groups in total. The number of hydrogen-bond acceptors (Lipinski definition) is 4. The van der Waals surface area contributed by atoms with Gasteiger partial charge in [-0.25, -0.2) is 14.2 Å². The van der Waals surface area contributed by atoms with Gasteiger partial charge in [0.15, 0.2) is 0 Å². The van der Waals surface area contributed by atoms with Gasteiger partial charge >= 0.3 is 12.2 Å². The largest absolute Gasteiger partial charge is 0.419 e. The minimum absolute atomic E-state index is 0.0217. The lowest BCUT2D eigenvalue weighted by Gasteiger charge is -2.12. The Bertz CT molecular complexity index is 779. The molecular weight excluding hydrogens is 342 g/mol. The van der Waals surface area contributed by atoms with Crippen molar-refractivity contribution in [1.82, 2.24) is 9.97 Å². The van der Waals surface area contributed by atoms with Crippen LogP contribution in [-0.2, 0) is 6.18 Å². The molecule has 0 bridgehead atoms. The summed E-state index contributed by atoms with van der Waals surface area (Å²) in [6.45, 7) is 4.17. The van der Waals surface area contributed by atoms with Crippen LogP contribution in [0.5, 0.6) is 0 Å².